The minimum atomic E-state index is -0.231. The van der Waals surface area contributed by atoms with E-state index in [1.807, 2.05) is 91.8 Å². The van der Waals surface area contributed by atoms with Gasteiger partial charge in [-0.05, 0) is 53.8 Å². The molecule has 4 nitrogen and oxygen atoms in total. The third kappa shape index (κ3) is 5.95. The minimum absolute atomic E-state index is 0.0475. The molecule has 1 unspecified atom stereocenters. The normalized spacial score (nSPS) is 12.7. The van der Waals surface area contributed by atoms with Crippen LogP contribution in [0.15, 0.2) is 78.9 Å². The Balaban J connectivity index is 1.85. The number of likely N-dealkylation sites (N-methyl/N-ethyl adjacent to an activating group) is 1. The lowest BCUT2D eigenvalue weighted by molar-refractivity contribution is -0.128. The van der Waals surface area contributed by atoms with Crippen LogP contribution in [0.25, 0.3) is 0 Å². The Morgan fingerprint density at radius 3 is 2.35 bits per heavy atom. The van der Waals surface area contributed by atoms with E-state index in [-0.39, 0.29) is 17.9 Å². The van der Waals surface area contributed by atoms with Crippen LogP contribution in [0, 0.1) is 11.3 Å². The number of hydrogen-bond donors (Lipinski definition) is 1. The lowest BCUT2D eigenvalue weighted by Crippen LogP contribution is -2.44. The van der Waals surface area contributed by atoms with Crippen LogP contribution in [-0.2, 0) is 11.2 Å². The Morgan fingerprint density at radius 1 is 1.03 bits per heavy atom. The quantitative estimate of drug-likeness (QED) is 0.468. The molecule has 5 heteroatoms. The predicted molar refractivity (Wildman–Crippen MR) is 124 cm³/mol. The summed E-state index contributed by atoms with van der Waals surface area (Å²) in [7, 11) is 1.87. The highest BCUT2D eigenvalue weighted by Crippen LogP contribution is 2.26. The monoisotopic (exact) mass is 431 g/mol. The number of hydrazine groups is 1. The molecular weight excluding hydrogens is 406 g/mol. The summed E-state index contributed by atoms with van der Waals surface area (Å²) in [6.07, 6.45) is 1.36. The van der Waals surface area contributed by atoms with Crippen molar-refractivity contribution in [1.82, 2.24) is 10.4 Å². The maximum Gasteiger partial charge on any atom is 0.241 e. The van der Waals surface area contributed by atoms with Crippen LogP contribution in [0.2, 0.25) is 5.02 Å². The molecule has 0 heterocycles. The number of carbonyl (C=O) groups excluding carboxylic acids is 1. The number of rotatable bonds is 8. The van der Waals surface area contributed by atoms with Crippen LogP contribution in [0.5, 0.6) is 0 Å². The first kappa shape index (κ1) is 22.6. The van der Waals surface area contributed by atoms with Crippen LogP contribution in [0.1, 0.15) is 47.6 Å². The lowest BCUT2D eigenvalue weighted by atomic mass is 9.95. The number of carbonyl (C=O) groups is 1. The molecule has 1 amide bonds. The van der Waals surface area contributed by atoms with Gasteiger partial charge in [0.15, 0.2) is 0 Å². The maximum absolute atomic E-state index is 13.1. The zero-order valence-corrected chi connectivity index (χ0v) is 18.5. The van der Waals surface area contributed by atoms with Crippen LogP contribution in [0.3, 0.4) is 0 Å². The van der Waals surface area contributed by atoms with Crippen molar-refractivity contribution < 1.29 is 4.79 Å². The summed E-state index contributed by atoms with van der Waals surface area (Å²) >= 11 is 6.04. The summed E-state index contributed by atoms with van der Waals surface area (Å²) in [4.78, 5) is 13.1. The van der Waals surface area contributed by atoms with Gasteiger partial charge in [-0.15, -0.1) is 0 Å². The molecule has 0 bridgehead atoms. The smallest absolute Gasteiger partial charge is 0.241 e. The van der Waals surface area contributed by atoms with Crippen LogP contribution < -0.4 is 5.43 Å². The molecule has 0 aliphatic heterocycles. The van der Waals surface area contributed by atoms with Gasteiger partial charge in [0, 0.05) is 12.1 Å². The molecule has 3 aromatic rings. The van der Waals surface area contributed by atoms with Crippen molar-refractivity contribution in [2.75, 3.05) is 7.05 Å². The molecule has 3 aromatic carbocycles. The fourth-order valence-electron chi connectivity index (χ4n) is 3.73. The molecule has 0 fully saturated rings. The second-order valence-electron chi connectivity index (χ2n) is 7.54. The van der Waals surface area contributed by atoms with Crippen molar-refractivity contribution in [2.24, 2.45) is 0 Å². The summed E-state index contributed by atoms with van der Waals surface area (Å²) in [5.41, 5.74) is 6.72. The van der Waals surface area contributed by atoms with E-state index in [1.54, 1.807) is 6.07 Å². The first-order valence-corrected chi connectivity index (χ1v) is 10.7. The van der Waals surface area contributed by atoms with Gasteiger partial charge in [-0.2, -0.15) is 5.26 Å². The molecule has 158 valence electrons. The van der Waals surface area contributed by atoms with Gasteiger partial charge in [-0.1, -0.05) is 73.1 Å². The standard InChI is InChI=1S/C26H26ClN3O/c1-3-24(21-9-5-4-6-10-21)26(31)29-30(2)25(17-19-12-14-23(27)15-13-19)22-11-7-8-20(16-22)18-28/h4-16,24-25H,3,17H2,1-2H3,(H,29,31)/t24-,25?/m0/s1. The van der Waals surface area contributed by atoms with Crippen molar-refractivity contribution >= 4 is 17.5 Å². The molecule has 0 saturated heterocycles. The molecule has 0 radical (unpaired) electrons. The number of benzene rings is 3. The highest BCUT2D eigenvalue weighted by Gasteiger charge is 2.24. The second-order valence-corrected chi connectivity index (χ2v) is 7.98. The first-order valence-electron chi connectivity index (χ1n) is 10.3. The number of nitriles is 1. The van der Waals surface area contributed by atoms with E-state index in [1.165, 1.54) is 0 Å². The van der Waals surface area contributed by atoms with E-state index in [9.17, 15) is 10.1 Å². The summed E-state index contributed by atoms with van der Waals surface area (Å²) in [6, 6.07) is 27.1. The zero-order valence-electron chi connectivity index (χ0n) is 17.8. The average Bonchev–Trinajstić information content (AvgIpc) is 2.79. The maximum atomic E-state index is 13.1. The molecule has 0 spiro atoms. The van der Waals surface area contributed by atoms with Gasteiger partial charge in [0.25, 0.3) is 0 Å². The largest absolute Gasteiger partial charge is 0.288 e. The molecular formula is C26H26ClN3O. The summed E-state index contributed by atoms with van der Waals surface area (Å²) < 4.78 is 0. The van der Waals surface area contributed by atoms with Crippen molar-refractivity contribution in [3.8, 4) is 6.07 Å². The summed E-state index contributed by atoms with van der Waals surface area (Å²) in [5.74, 6) is -0.279. The van der Waals surface area contributed by atoms with Gasteiger partial charge in [0.2, 0.25) is 5.91 Å². The molecule has 3 rings (SSSR count). The average molecular weight is 432 g/mol. The van der Waals surface area contributed by atoms with Crippen molar-refractivity contribution in [1.29, 1.82) is 5.26 Å². The van der Waals surface area contributed by atoms with E-state index in [2.05, 4.69) is 11.5 Å². The molecule has 0 aliphatic carbocycles. The van der Waals surface area contributed by atoms with Gasteiger partial charge in [0.05, 0.1) is 23.6 Å². The first-order chi connectivity index (χ1) is 15.0. The van der Waals surface area contributed by atoms with E-state index in [0.29, 0.717) is 23.4 Å². The number of halogens is 1. The predicted octanol–water partition coefficient (Wildman–Crippen LogP) is 5.65. The molecule has 31 heavy (non-hydrogen) atoms. The SMILES string of the molecule is CC[C@H](C(=O)NN(C)C(Cc1ccc(Cl)cc1)c1cccc(C#N)c1)c1ccccc1. The molecule has 1 N–H and O–H groups in total. The summed E-state index contributed by atoms with van der Waals surface area (Å²) in [5, 5.41) is 11.9. The fourth-order valence-corrected chi connectivity index (χ4v) is 3.85. The van der Waals surface area contributed by atoms with Gasteiger partial charge in [0.1, 0.15) is 0 Å². The van der Waals surface area contributed by atoms with Gasteiger partial charge < -0.3 is 0 Å². The van der Waals surface area contributed by atoms with Crippen LogP contribution in [-0.4, -0.2) is 18.0 Å². The van der Waals surface area contributed by atoms with Crippen molar-refractivity contribution in [2.45, 2.75) is 31.7 Å². The van der Waals surface area contributed by atoms with Crippen LogP contribution in [0.4, 0.5) is 0 Å². The fraction of sp³-hybridized carbons (Fsp3) is 0.231. The molecule has 0 aliphatic rings. The lowest BCUT2D eigenvalue weighted by Gasteiger charge is -2.30. The number of hydrogen-bond acceptors (Lipinski definition) is 3. The van der Waals surface area contributed by atoms with Crippen molar-refractivity contribution in [3.63, 3.8) is 0 Å². The van der Waals surface area contributed by atoms with Gasteiger partial charge >= 0.3 is 0 Å². The van der Waals surface area contributed by atoms with E-state index >= 15 is 0 Å². The Hall–Kier alpha value is -3.13. The zero-order chi connectivity index (χ0) is 22.2. The molecule has 0 aromatic heterocycles. The molecule has 0 saturated carbocycles. The third-order valence-electron chi connectivity index (χ3n) is 5.42. The van der Waals surface area contributed by atoms with Gasteiger partial charge in [-0.3, -0.25) is 10.2 Å². The van der Waals surface area contributed by atoms with E-state index in [0.717, 1.165) is 16.7 Å². The highest BCUT2D eigenvalue weighted by molar-refractivity contribution is 6.30. The third-order valence-corrected chi connectivity index (χ3v) is 5.68. The topological polar surface area (TPSA) is 56.1 Å². The van der Waals surface area contributed by atoms with Crippen LogP contribution >= 0.6 is 11.6 Å². The van der Waals surface area contributed by atoms with Crippen molar-refractivity contribution in [3.05, 3.63) is 106 Å². The Bertz CT molecular complexity index is 1040. The number of nitrogens with one attached hydrogen (secondary N) is 1. The highest BCUT2D eigenvalue weighted by atomic mass is 35.5. The Morgan fingerprint density at radius 2 is 1.71 bits per heavy atom. The number of amides is 1. The van der Waals surface area contributed by atoms with E-state index in [4.69, 9.17) is 11.6 Å². The summed E-state index contributed by atoms with van der Waals surface area (Å²) in [6.45, 7) is 2.01. The minimum Gasteiger partial charge on any atom is -0.288 e. The second kappa shape index (κ2) is 10.8. The Kier molecular flexibility index (Phi) is 7.83. The van der Waals surface area contributed by atoms with Gasteiger partial charge in [-0.25, -0.2) is 5.01 Å². The Labute approximate surface area is 189 Å². The number of nitrogens with zero attached hydrogens (tertiary/aromatic N) is 2. The molecule has 2 atom stereocenters. The van der Waals surface area contributed by atoms with E-state index < -0.39 is 0 Å².